The zero-order valence-electron chi connectivity index (χ0n) is 14.7. The third-order valence-electron chi connectivity index (χ3n) is 3.55. The van der Waals surface area contributed by atoms with Crippen LogP contribution in [0.5, 0.6) is 0 Å². The Labute approximate surface area is 154 Å². The molecule has 0 aliphatic rings. The molecule has 27 heavy (non-hydrogen) atoms. The molecule has 0 amide bonds. The zero-order chi connectivity index (χ0) is 20.1. The molecule has 0 aliphatic carbocycles. The van der Waals surface area contributed by atoms with Gasteiger partial charge in [-0.25, -0.2) is 0 Å². The lowest BCUT2D eigenvalue weighted by molar-refractivity contribution is -0.0906. The van der Waals surface area contributed by atoms with Gasteiger partial charge in [0.05, 0.1) is 13.2 Å². The van der Waals surface area contributed by atoms with E-state index >= 15 is 0 Å². The Balaban J connectivity index is 2.68. The number of allylic oxidation sites excluding steroid dienone is 2. The van der Waals surface area contributed by atoms with Gasteiger partial charge in [0.2, 0.25) is 0 Å². The molecule has 1 N–H and O–H groups in total. The number of hydrogen-bond acceptors (Lipinski definition) is 5. The lowest BCUT2D eigenvalue weighted by Crippen LogP contribution is -2.22. The van der Waals surface area contributed by atoms with E-state index < -0.39 is 24.8 Å². The lowest BCUT2D eigenvalue weighted by atomic mass is 10.1. The van der Waals surface area contributed by atoms with Crippen molar-refractivity contribution in [2.75, 3.05) is 18.5 Å². The van der Waals surface area contributed by atoms with Crippen molar-refractivity contribution in [1.82, 2.24) is 0 Å². The van der Waals surface area contributed by atoms with Crippen LogP contribution >= 0.6 is 7.60 Å². The van der Waals surface area contributed by atoms with Crippen LogP contribution in [0.4, 0.5) is 18.9 Å². The van der Waals surface area contributed by atoms with Crippen LogP contribution < -0.4 is 5.32 Å². The fourth-order valence-corrected chi connectivity index (χ4v) is 4.09. The number of nitrogens with one attached hydrogen (secondary N) is 1. The number of anilines is 1. The molecule has 0 spiro atoms. The highest BCUT2D eigenvalue weighted by Gasteiger charge is 2.44. The summed E-state index contributed by atoms with van der Waals surface area (Å²) in [6, 6.07) is 13.0. The van der Waals surface area contributed by atoms with Crippen molar-refractivity contribution >= 4 is 24.1 Å². The van der Waals surface area contributed by atoms with Gasteiger partial charge in [-0.2, -0.15) is 18.4 Å². The molecule has 9 heteroatoms. The molecule has 0 fully saturated rings. The normalized spacial score (nSPS) is 13.2. The van der Waals surface area contributed by atoms with E-state index in [9.17, 15) is 23.0 Å². The van der Waals surface area contributed by atoms with Gasteiger partial charge in [-0.3, -0.25) is 4.57 Å². The molecule has 0 unspecified atom stereocenters. The Bertz CT molecular complexity index is 920. The molecule has 0 heterocycles. The molecule has 5 nitrogen and oxygen atoms in total. The second-order valence-corrected chi connectivity index (χ2v) is 7.28. The Morgan fingerprint density at radius 3 is 2.26 bits per heavy atom. The molecular weight excluding hydrogens is 380 g/mol. The number of fused-ring (bicyclic) bond motifs is 1. The van der Waals surface area contributed by atoms with Crippen LogP contribution in [0.1, 0.15) is 13.8 Å². The smallest absolute Gasteiger partial charge is 0.350 e. The number of nitriles is 1. The number of nitrogens with zero attached hydrogens (tertiary/aromatic N) is 1. The molecule has 0 aromatic heterocycles. The number of rotatable bonds is 7. The summed E-state index contributed by atoms with van der Waals surface area (Å²) in [5.74, 6) is 0. The standard InChI is InChI=1S/C18H18F3N2O3P/c1-3-25-27(24,26-4-2)16(12-22)17(18(19,20)21)23-15-11-7-9-13-8-5-6-10-14(13)15/h5-11,23H,3-4H2,1-2H3/b17-16-. The molecule has 0 aliphatic heterocycles. The van der Waals surface area contributed by atoms with Crippen molar-refractivity contribution < 1.29 is 26.8 Å². The fraction of sp³-hybridized carbons (Fsp3) is 0.278. The Kier molecular flexibility index (Phi) is 6.66. The highest BCUT2D eigenvalue weighted by atomic mass is 31.2. The summed E-state index contributed by atoms with van der Waals surface area (Å²) in [5, 5.41) is 11.7. The maximum absolute atomic E-state index is 13.8. The summed E-state index contributed by atoms with van der Waals surface area (Å²) in [6.45, 7) is 2.54. The molecule has 0 bridgehead atoms. The van der Waals surface area contributed by atoms with Gasteiger partial charge in [0.1, 0.15) is 11.8 Å². The monoisotopic (exact) mass is 398 g/mol. The number of halogens is 3. The molecule has 0 saturated carbocycles. The molecule has 0 saturated heterocycles. The maximum atomic E-state index is 13.8. The number of alkyl halides is 3. The first-order valence-electron chi connectivity index (χ1n) is 8.12. The van der Waals surface area contributed by atoms with Crippen molar-refractivity contribution in [3.05, 3.63) is 53.5 Å². The minimum atomic E-state index is -4.98. The van der Waals surface area contributed by atoms with Gasteiger partial charge in [0, 0.05) is 11.1 Å². The van der Waals surface area contributed by atoms with E-state index in [2.05, 4.69) is 5.32 Å². The Morgan fingerprint density at radius 2 is 1.70 bits per heavy atom. The van der Waals surface area contributed by atoms with Crippen LogP contribution in [0.3, 0.4) is 0 Å². The average molecular weight is 398 g/mol. The van der Waals surface area contributed by atoms with Crippen LogP contribution in [0.2, 0.25) is 0 Å². The molecular formula is C18H18F3N2O3P. The van der Waals surface area contributed by atoms with Gasteiger partial charge in [-0.1, -0.05) is 36.4 Å². The van der Waals surface area contributed by atoms with Gasteiger partial charge in [-0.15, -0.1) is 0 Å². The van der Waals surface area contributed by atoms with E-state index in [1.54, 1.807) is 36.4 Å². The first-order chi connectivity index (χ1) is 12.8. The van der Waals surface area contributed by atoms with Gasteiger partial charge in [-0.05, 0) is 25.3 Å². The summed E-state index contributed by atoms with van der Waals surface area (Å²) >= 11 is 0. The second kappa shape index (κ2) is 8.57. The average Bonchev–Trinajstić information content (AvgIpc) is 2.61. The second-order valence-electron chi connectivity index (χ2n) is 5.32. The van der Waals surface area contributed by atoms with Crippen molar-refractivity contribution in [2.24, 2.45) is 0 Å². The highest BCUT2D eigenvalue weighted by Crippen LogP contribution is 2.58. The fourth-order valence-electron chi connectivity index (χ4n) is 2.49. The summed E-state index contributed by atoms with van der Waals surface area (Å²) in [5.41, 5.74) is -1.35. The third kappa shape index (κ3) is 4.69. The Hall–Kier alpha value is -2.33. The summed E-state index contributed by atoms with van der Waals surface area (Å²) in [6.07, 6.45) is -4.98. The zero-order valence-corrected chi connectivity index (χ0v) is 15.6. The molecule has 2 aromatic carbocycles. The van der Waals surface area contributed by atoms with Crippen molar-refractivity contribution in [1.29, 1.82) is 5.26 Å². The first kappa shape index (κ1) is 21.0. The van der Waals surface area contributed by atoms with Crippen LogP contribution in [0.25, 0.3) is 10.8 Å². The quantitative estimate of drug-likeness (QED) is 0.470. The van der Waals surface area contributed by atoms with Crippen LogP contribution in [0.15, 0.2) is 53.5 Å². The molecule has 144 valence electrons. The van der Waals surface area contributed by atoms with Crippen molar-refractivity contribution in [2.45, 2.75) is 20.0 Å². The van der Waals surface area contributed by atoms with E-state index in [1.165, 1.54) is 26.0 Å². The van der Waals surface area contributed by atoms with Crippen LogP contribution in [0, 0.1) is 11.3 Å². The van der Waals surface area contributed by atoms with Gasteiger partial charge in [0.25, 0.3) is 0 Å². The molecule has 0 radical (unpaired) electrons. The number of benzene rings is 2. The van der Waals surface area contributed by atoms with E-state index in [1.807, 2.05) is 0 Å². The predicted molar refractivity (Wildman–Crippen MR) is 97.1 cm³/mol. The minimum Gasteiger partial charge on any atom is -0.350 e. The summed E-state index contributed by atoms with van der Waals surface area (Å²) in [4.78, 5) is 0. The molecule has 0 atom stereocenters. The van der Waals surface area contributed by atoms with Gasteiger partial charge < -0.3 is 14.4 Å². The van der Waals surface area contributed by atoms with Crippen LogP contribution in [-0.2, 0) is 13.6 Å². The topological polar surface area (TPSA) is 71.3 Å². The van der Waals surface area contributed by atoms with E-state index in [0.717, 1.165) is 0 Å². The highest BCUT2D eigenvalue weighted by molar-refractivity contribution is 7.59. The third-order valence-corrected chi connectivity index (χ3v) is 5.62. The van der Waals surface area contributed by atoms with Gasteiger partial charge >= 0.3 is 13.8 Å². The largest absolute Gasteiger partial charge is 0.432 e. The van der Waals surface area contributed by atoms with Crippen molar-refractivity contribution in [3.8, 4) is 6.07 Å². The maximum Gasteiger partial charge on any atom is 0.432 e. The van der Waals surface area contributed by atoms with Gasteiger partial charge in [0.15, 0.2) is 5.31 Å². The first-order valence-corrected chi connectivity index (χ1v) is 9.67. The lowest BCUT2D eigenvalue weighted by Gasteiger charge is -2.22. The van der Waals surface area contributed by atoms with E-state index in [4.69, 9.17) is 9.05 Å². The predicted octanol–water partition coefficient (Wildman–Crippen LogP) is 5.82. The van der Waals surface area contributed by atoms with Crippen LogP contribution in [-0.4, -0.2) is 19.4 Å². The summed E-state index contributed by atoms with van der Waals surface area (Å²) in [7, 11) is -4.44. The SMILES string of the molecule is CCOP(=O)(OCC)/C(C#N)=C(\Nc1cccc2ccccc12)C(F)(F)F. The molecule has 2 aromatic rings. The summed E-state index contributed by atoms with van der Waals surface area (Å²) < 4.78 is 63.9. The van der Waals surface area contributed by atoms with E-state index in [0.29, 0.717) is 10.8 Å². The number of hydrogen-bond donors (Lipinski definition) is 1. The van der Waals surface area contributed by atoms with Crippen molar-refractivity contribution in [3.63, 3.8) is 0 Å². The Morgan fingerprint density at radius 1 is 1.11 bits per heavy atom. The minimum absolute atomic E-state index is 0.118. The molecule has 2 rings (SSSR count). The van der Waals surface area contributed by atoms with E-state index in [-0.39, 0.29) is 18.9 Å².